The molecule has 1 aromatic heterocycles. The summed E-state index contributed by atoms with van der Waals surface area (Å²) >= 11 is 0. The third kappa shape index (κ3) is 2.29. The van der Waals surface area contributed by atoms with Crippen molar-refractivity contribution in [1.29, 1.82) is 0 Å². The molecule has 5 nitrogen and oxygen atoms in total. The highest BCUT2D eigenvalue weighted by Crippen LogP contribution is 2.21. The average Bonchev–Trinajstić information content (AvgIpc) is 2.89. The highest BCUT2D eigenvalue weighted by atomic mass is 16.5. The van der Waals surface area contributed by atoms with Crippen molar-refractivity contribution in [3.8, 4) is 0 Å². The van der Waals surface area contributed by atoms with Crippen molar-refractivity contribution in [1.82, 2.24) is 15.1 Å². The summed E-state index contributed by atoms with van der Waals surface area (Å²) in [7, 11) is 1.73. The first kappa shape index (κ1) is 13.1. The number of methoxy groups -OCH3 is 1. The SMILES string of the molecule is COC1CCN(C(=O)c2n[nH]c3ccc(C)cc23)CC1. The lowest BCUT2D eigenvalue weighted by Gasteiger charge is -2.30. The van der Waals surface area contributed by atoms with E-state index in [1.54, 1.807) is 7.11 Å². The van der Waals surface area contributed by atoms with E-state index in [1.807, 2.05) is 30.0 Å². The molecule has 20 heavy (non-hydrogen) atoms. The van der Waals surface area contributed by atoms with Crippen molar-refractivity contribution < 1.29 is 9.53 Å². The summed E-state index contributed by atoms with van der Waals surface area (Å²) in [5, 5.41) is 8.04. The Morgan fingerprint density at radius 3 is 2.85 bits per heavy atom. The Kier molecular flexibility index (Phi) is 3.44. The van der Waals surface area contributed by atoms with Crippen LogP contribution in [0.4, 0.5) is 0 Å². The molecule has 1 saturated heterocycles. The number of hydrogen-bond acceptors (Lipinski definition) is 3. The fraction of sp³-hybridized carbons (Fsp3) is 0.467. The van der Waals surface area contributed by atoms with Gasteiger partial charge in [0.25, 0.3) is 5.91 Å². The molecule has 0 spiro atoms. The summed E-state index contributed by atoms with van der Waals surface area (Å²) in [5.74, 6) is 0.0106. The second-order valence-corrected chi connectivity index (χ2v) is 5.35. The molecule has 3 rings (SSSR count). The van der Waals surface area contributed by atoms with Gasteiger partial charge in [-0.2, -0.15) is 5.10 Å². The van der Waals surface area contributed by atoms with Gasteiger partial charge >= 0.3 is 0 Å². The van der Waals surface area contributed by atoms with E-state index in [1.165, 1.54) is 0 Å². The fourth-order valence-corrected chi connectivity index (χ4v) is 2.74. The van der Waals surface area contributed by atoms with E-state index < -0.39 is 0 Å². The second kappa shape index (κ2) is 5.25. The highest BCUT2D eigenvalue weighted by Gasteiger charge is 2.26. The number of fused-ring (bicyclic) bond motifs is 1. The first-order valence-corrected chi connectivity index (χ1v) is 6.96. The Morgan fingerprint density at radius 2 is 2.15 bits per heavy atom. The normalized spacial score (nSPS) is 16.8. The zero-order valence-corrected chi connectivity index (χ0v) is 11.8. The number of piperidine rings is 1. The number of nitrogens with one attached hydrogen (secondary N) is 1. The van der Waals surface area contributed by atoms with Crippen LogP contribution in [0.15, 0.2) is 18.2 Å². The lowest BCUT2D eigenvalue weighted by molar-refractivity contribution is 0.0348. The molecule has 2 aromatic rings. The molecule has 1 N–H and O–H groups in total. The quantitative estimate of drug-likeness (QED) is 0.911. The number of amides is 1. The molecule has 1 aliphatic rings. The second-order valence-electron chi connectivity index (χ2n) is 5.35. The summed E-state index contributed by atoms with van der Waals surface area (Å²) in [5.41, 5.74) is 2.57. The number of rotatable bonds is 2. The molecule has 0 bridgehead atoms. The van der Waals surface area contributed by atoms with E-state index in [2.05, 4.69) is 10.2 Å². The lowest BCUT2D eigenvalue weighted by atomic mass is 10.1. The summed E-state index contributed by atoms with van der Waals surface area (Å²) < 4.78 is 5.34. The van der Waals surface area contributed by atoms with Crippen LogP contribution in [0.2, 0.25) is 0 Å². The molecule has 2 heterocycles. The van der Waals surface area contributed by atoms with Gasteiger partial charge in [-0.3, -0.25) is 9.89 Å². The molecule has 106 valence electrons. The summed E-state index contributed by atoms with van der Waals surface area (Å²) in [6, 6.07) is 5.98. The number of H-pyrrole nitrogens is 1. The number of hydrogen-bond donors (Lipinski definition) is 1. The van der Waals surface area contributed by atoms with Gasteiger partial charge in [0.1, 0.15) is 0 Å². The number of carbonyl (C=O) groups excluding carboxylic acids is 1. The first-order chi connectivity index (χ1) is 9.69. The monoisotopic (exact) mass is 273 g/mol. The lowest BCUT2D eigenvalue weighted by Crippen LogP contribution is -2.40. The standard InChI is InChI=1S/C15H19N3O2/c1-10-3-4-13-12(9-10)14(17-16-13)15(19)18-7-5-11(20-2)6-8-18/h3-4,9,11H,5-8H2,1-2H3,(H,16,17). The predicted molar refractivity (Wildman–Crippen MR) is 76.8 cm³/mol. The van der Waals surface area contributed by atoms with Crippen molar-refractivity contribution in [2.24, 2.45) is 0 Å². The molecule has 1 aliphatic heterocycles. The minimum atomic E-state index is 0.0106. The Bertz CT molecular complexity index is 627. The van der Waals surface area contributed by atoms with Crippen molar-refractivity contribution in [2.75, 3.05) is 20.2 Å². The minimum Gasteiger partial charge on any atom is -0.381 e. The van der Waals surface area contributed by atoms with Crippen LogP contribution in [0.3, 0.4) is 0 Å². The van der Waals surface area contributed by atoms with Crippen LogP contribution in [-0.4, -0.2) is 47.3 Å². The number of aryl methyl sites for hydroxylation is 1. The van der Waals surface area contributed by atoms with Crippen LogP contribution < -0.4 is 0 Å². The molecule has 0 unspecified atom stereocenters. The number of ether oxygens (including phenoxy) is 1. The number of aromatic nitrogens is 2. The van der Waals surface area contributed by atoms with Gasteiger partial charge in [0.15, 0.2) is 5.69 Å². The number of benzene rings is 1. The van der Waals surface area contributed by atoms with Gasteiger partial charge in [-0.1, -0.05) is 11.6 Å². The number of aromatic amines is 1. The molecule has 5 heteroatoms. The van der Waals surface area contributed by atoms with E-state index in [0.29, 0.717) is 5.69 Å². The van der Waals surface area contributed by atoms with Crippen LogP contribution in [0.5, 0.6) is 0 Å². The number of carbonyl (C=O) groups is 1. The van der Waals surface area contributed by atoms with E-state index in [9.17, 15) is 4.79 Å². The van der Waals surface area contributed by atoms with Crippen molar-refractivity contribution >= 4 is 16.8 Å². The van der Waals surface area contributed by atoms with Crippen LogP contribution in [0.1, 0.15) is 28.9 Å². The minimum absolute atomic E-state index is 0.0106. The molecular weight excluding hydrogens is 254 g/mol. The fourth-order valence-electron chi connectivity index (χ4n) is 2.74. The van der Waals surface area contributed by atoms with Gasteiger partial charge < -0.3 is 9.64 Å². The first-order valence-electron chi connectivity index (χ1n) is 6.96. The van der Waals surface area contributed by atoms with E-state index in [0.717, 1.165) is 42.4 Å². The van der Waals surface area contributed by atoms with Crippen LogP contribution in [0.25, 0.3) is 10.9 Å². The summed E-state index contributed by atoms with van der Waals surface area (Å²) in [6.07, 6.45) is 2.06. The van der Waals surface area contributed by atoms with Crippen molar-refractivity contribution in [2.45, 2.75) is 25.9 Å². The maximum absolute atomic E-state index is 12.6. The maximum Gasteiger partial charge on any atom is 0.274 e. The van der Waals surface area contributed by atoms with Gasteiger partial charge in [-0.15, -0.1) is 0 Å². The molecular formula is C15H19N3O2. The Balaban J connectivity index is 1.84. The third-order valence-electron chi connectivity index (χ3n) is 3.98. The largest absolute Gasteiger partial charge is 0.381 e. The van der Waals surface area contributed by atoms with E-state index in [-0.39, 0.29) is 12.0 Å². The molecule has 0 radical (unpaired) electrons. The summed E-state index contributed by atoms with van der Waals surface area (Å²) in [6.45, 7) is 3.49. The molecule has 0 aliphatic carbocycles. The Labute approximate surface area is 117 Å². The maximum atomic E-state index is 12.6. The number of likely N-dealkylation sites (tertiary alicyclic amines) is 1. The van der Waals surface area contributed by atoms with Crippen LogP contribution >= 0.6 is 0 Å². The molecule has 0 saturated carbocycles. The zero-order chi connectivity index (χ0) is 14.1. The molecule has 1 aromatic carbocycles. The van der Waals surface area contributed by atoms with Gasteiger partial charge in [-0.05, 0) is 31.9 Å². The summed E-state index contributed by atoms with van der Waals surface area (Å²) in [4.78, 5) is 14.5. The zero-order valence-electron chi connectivity index (χ0n) is 11.8. The number of nitrogens with zero attached hydrogens (tertiary/aromatic N) is 2. The molecule has 0 atom stereocenters. The Morgan fingerprint density at radius 1 is 1.40 bits per heavy atom. The van der Waals surface area contributed by atoms with Crippen LogP contribution in [-0.2, 0) is 4.74 Å². The van der Waals surface area contributed by atoms with Crippen molar-refractivity contribution in [3.63, 3.8) is 0 Å². The average molecular weight is 273 g/mol. The van der Waals surface area contributed by atoms with Crippen LogP contribution in [0, 0.1) is 6.92 Å². The predicted octanol–water partition coefficient (Wildman–Crippen LogP) is 2.12. The van der Waals surface area contributed by atoms with Gasteiger partial charge in [0.2, 0.25) is 0 Å². The van der Waals surface area contributed by atoms with Gasteiger partial charge in [0, 0.05) is 25.6 Å². The third-order valence-corrected chi connectivity index (χ3v) is 3.98. The molecule has 1 fully saturated rings. The van der Waals surface area contributed by atoms with Crippen molar-refractivity contribution in [3.05, 3.63) is 29.5 Å². The topological polar surface area (TPSA) is 58.2 Å². The van der Waals surface area contributed by atoms with Gasteiger partial charge in [-0.25, -0.2) is 0 Å². The van der Waals surface area contributed by atoms with E-state index >= 15 is 0 Å². The highest BCUT2D eigenvalue weighted by molar-refractivity contribution is 6.04. The smallest absolute Gasteiger partial charge is 0.274 e. The van der Waals surface area contributed by atoms with Gasteiger partial charge in [0.05, 0.1) is 11.6 Å². The Hall–Kier alpha value is -1.88. The molecule has 1 amide bonds. The van der Waals surface area contributed by atoms with E-state index in [4.69, 9.17) is 4.74 Å².